The molecule has 0 amide bonds. The van der Waals surface area contributed by atoms with Crippen LogP contribution in [0.2, 0.25) is 0 Å². The summed E-state index contributed by atoms with van der Waals surface area (Å²) < 4.78 is 10.9. The van der Waals surface area contributed by atoms with Crippen molar-refractivity contribution in [1.29, 1.82) is 0 Å². The van der Waals surface area contributed by atoms with Gasteiger partial charge < -0.3 is 24.8 Å². The molecule has 232 valence electrons. The number of rotatable bonds is 14. The Bertz CT molecular complexity index is 1740. The lowest BCUT2D eigenvalue weighted by atomic mass is 9.83. The number of Topliss-reactive ketones (excluding diaryl/α,β-unsaturated/α-hetero) is 1. The van der Waals surface area contributed by atoms with Gasteiger partial charge in [-0.1, -0.05) is 84.9 Å². The summed E-state index contributed by atoms with van der Waals surface area (Å²) in [7, 11) is 3.05. The van der Waals surface area contributed by atoms with E-state index in [1.54, 1.807) is 31.4 Å². The number of aromatic hydroxyl groups is 2. The maximum Gasteiger partial charge on any atom is 0.164 e. The second-order valence-corrected chi connectivity index (χ2v) is 11.5. The molecule has 0 unspecified atom stereocenters. The van der Waals surface area contributed by atoms with Crippen LogP contribution in [0.15, 0.2) is 103 Å². The minimum atomic E-state index is -0.878. The number of ketones is 1. The van der Waals surface area contributed by atoms with Crippen LogP contribution in [0.4, 0.5) is 0 Å². The van der Waals surface area contributed by atoms with Gasteiger partial charge in [0.05, 0.1) is 20.3 Å². The van der Waals surface area contributed by atoms with Crippen LogP contribution < -0.4 is 9.47 Å². The largest absolute Gasteiger partial charge is 0.504 e. The number of hydrogen-bond acceptors (Lipinski definition) is 6. The Morgan fingerprint density at radius 3 is 2.24 bits per heavy atom. The van der Waals surface area contributed by atoms with Crippen molar-refractivity contribution in [2.45, 2.75) is 44.6 Å². The predicted octanol–water partition coefficient (Wildman–Crippen LogP) is 7.21. The standard InChI is InChI=1S/C39H40O6/c1-44-38-22-27(16-19-35(38)41)15-18-32(40)25-37(43)31(21-26-9-4-3-5-10-26)23-30-17-20-36(42)39(45-2)34(30)24-29-13-8-12-28-11-6-7-14-33(28)29/h3-14,16-17,19-20,22,31,37,41-43H,15,18,21,23-25H2,1-2H3/t31-,37-/m1/s1. The van der Waals surface area contributed by atoms with Gasteiger partial charge >= 0.3 is 0 Å². The van der Waals surface area contributed by atoms with E-state index in [0.717, 1.165) is 38.6 Å². The van der Waals surface area contributed by atoms with E-state index in [2.05, 4.69) is 24.3 Å². The molecule has 5 rings (SSSR count). The summed E-state index contributed by atoms with van der Waals surface area (Å²) in [6, 6.07) is 33.0. The summed E-state index contributed by atoms with van der Waals surface area (Å²) in [5.41, 5.74) is 4.89. The molecule has 0 aliphatic rings. The number of aliphatic hydroxyl groups excluding tert-OH is 1. The first-order chi connectivity index (χ1) is 21.9. The van der Waals surface area contributed by atoms with Gasteiger partial charge in [-0.3, -0.25) is 4.79 Å². The highest BCUT2D eigenvalue weighted by molar-refractivity contribution is 5.86. The van der Waals surface area contributed by atoms with Crippen molar-refractivity contribution in [3.05, 3.63) is 131 Å². The Balaban J connectivity index is 1.40. The number of benzene rings is 5. The normalized spacial score (nSPS) is 12.5. The molecule has 0 spiro atoms. The third-order valence-corrected chi connectivity index (χ3v) is 8.53. The number of phenols is 2. The molecule has 0 bridgehead atoms. The molecule has 0 saturated heterocycles. The third-order valence-electron chi connectivity index (χ3n) is 8.53. The van der Waals surface area contributed by atoms with Crippen LogP contribution in [0.1, 0.15) is 40.7 Å². The van der Waals surface area contributed by atoms with Gasteiger partial charge in [0.2, 0.25) is 0 Å². The molecule has 6 nitrogen and oxygen atoms in total. The monoisotopic (exact) mass is 604 g/mol. The fourth-order valence-electron chi connectivity index (χ4n) is 6.11. The lowest BCUT2D eigenvalue weighted by molar-refractivity contribution is -0.121. The Kier molecular flexibility index (Phi) is 10.4. The summed E-state index contributed by atoms with van der Waals surface area (Å²) in [5, 5.41) is 34.5. The van der Waals surface area contributed by atoms with Crippen molar-refractivity contribution in [2.24, 2.45) is 5.92 Å². The minimum Gasteiger partial charge on any atom is -0.504 e. The highest BCUT2D eigenvalue weighted by atomic mass is 16.5. The van der Waals surface area contributed by atoms with E-state index in [9.17, 15) is 20.1 Å². The predicted molar refractivity (Wildman–Crippen MR) is 177 cm³/mol. The number of aliphatic hydroxyl groups is 1. The van der Waals surface area contributed by atoms with Gasteiger partial charge in [-0.2, -0.15) is 0 Å². The van der Waals surface area contributed by atoms with Gasteiger partial charge in [-0.05, 0) is 76.4 Å². The molecule has 0 aromatic heterocycles. The van der Waals surface area contributed by atoms with Crippen LogP contribution >= 0.6 is 0 Å². The molecule has 5 aromatic rings. The zero-order valence-corrected chi connectivity index (χ0v) is 25.8. The molecule has 0 aliphatic heterocycles. The summed E-state index contributed by atoms with van der Waals surface area (Å²) in [6.07, 6.45) is 1.52. The molecule has 0 heterocycles. The van der Waals surface area contributed by atoms with Crippen molar-refractivity contribution < 1.29 is 29.6 Å². The Morgan fingerprint density at radius 1 is 0.733 bits per heavy atom. The van der Waals surface area contributed by atoms with E-state index in [1.807, 2.05) is 54.6 Å². The SMILES string of the molecule is COc1cc(CCC(=O)C[C@@H](O)[C@H](Cc2ccccc2)Cc2ccc(O)c(OC)c2Cc2cccc3ccccc23)ccc1O. The van der Waals surface area contributed by atoms with Crippen LogP contribution in [-0.4, -0.2) is 41.4 Å². The van der Waals surface area contributed by atoms with Gasteiger partial charge in [-0.15, -0.1) is 0 Å². The van der Waals surface area contributed by atoms with E-state index < -0.39 is 6.10 Å². The Labute approximate surface area is 264 Å². The van der Waals surface area contributed by atoms with E-state index in [0.29, 0.717) is 37.2 Å². The lowest BCUT2D eigenvalue weighted by Crippen LogP contribution is -2.28. The molecular weight excluding hydrogens is 564 g/mol. The lowest BCUT2D eigenvalue weighted by Gasteiger charge is -2.25. The van der Waals surface area contributed by atoms with Crippen molar-refractivity contribution >= 4 is 16.6 Å². The number of carbonyl (C=O) groups is 1. The average molecular weight is 605 g/mol. The summed E-state index contributed by atoms with van der Waals surface area (Å²) >= 11 is 0. The van der Waals surface area contributed by atoms with Crippen LogP contribution in [-0.2, 0) is 30.5 Å². The minimum absolute atomic E-state index is 0.0284. The Morgan fingerprint density at radius 2 is 1.47 bits per heavy atom. The number of aryl methyl sites for hydroxylation is 1. The summed E-state index contributed by atoms with van der Waals surface area (Å²) in [4.78, 5) is 13.1. The van der Waals surface area contributed by atoms with Crippen LogP contribution in [0.5, 0.6) is 23.0 Å². The quantitative estimate of drug-likeness (QED) is 0.124. The molecule has 5 aromatic carbocycles. The molecule has 0 fully saturated rings. The van der Waals surface area contributed by atoms with Gasteiger partial charge in [0, 0.05) is 24.8 Å². The van der Waals surface area contributed by atoms with Crippen LogP contribution in [0.3, 0.4) is 0 Å². The molecule has 0 radical (unpaired) electrons. The van der Waals surface area contributed by atoms with Crippen molar-refractivity contribution in [2.75, 3.05) is 14.2 Å². The smallest absolute Gasteiger partial charge is 0.164 e. The van der Waals surface area contributed by atoms with Gasteiger partial charge in [0.15, 0.2) is 23.0 Å². The number of carbonyl (C=O) groups excluding carboxylic acids is 1. The highest BCUT2D eigenvalue weighted by Crippen LogP contribution is 2.37. The molecule has 0 saturated carbocycles. The second-order valence-electron chi connectivity index (χ2n) is 11.5. The number of ether oxygens (including phenoxy) is 2. The number of hydrogen-bond donors (Lipinski definition) is 3. The summed E-state index contributed by atoms with van der Waals surface area (Å²) in [5.74, 6) is 0.618. The first-order valence-electron chi connectivity index (χ1n) is 15.3. The highest BCUT2D eigenvalue weighted by Gasteiger charge is 2.26. The van der Waals surface area contributed by atoms with E-state index in [4.69, 9.17) is 9.47 Å². The first kappa shape index (κ1) is 31.6. The zero-order chi connectivity index (χ0) is 31.8. The van der Waals surface area contributed by atoms with Gasteiger partial charge in [-0.25, -0.2) is 0 Å². The van der Waals surface area contributed by atoms with Crippen molar-refractivity contribution in [3.8, 4) is 23.0 Å². The molecule has 3 N–H and O–H groups in total. The van der Waals surface area contributed by atoms with Crippen molar-refractivity contribution in [1.82, 2.24) is 0 Å². The number of methoxy groups -OCH3 is 2. The molecule has 6 heteroatoms. The number of phenolic OH excluding ortho intramolecular Hbond substituents is 2. The van der Waals surface area contributed by atoms with Crippen LogP contribution in [0.25, 0.3) is 10.8 Å². The van der Waals surface area contributed by atoms with E-state index in [-0.39, 0.29) is 36.0 Å². The maximum absolute atomic E-state index is 13.1. The first-order valence-corrected chi connectivity index (χ1v) is 15.3. The fraction of sp³-hybridized carbons (Fsp3) is 0.256. The Hall–Kier alpha value is -4.81. The molecule has 2 atom stereocenters. The average Bonchev–Trinajstić information content (AvgIpc) is 3.06. The molecule has 45 heavy (non-hydrogen) atoms. The molecule has 0 aliphatic carbocycles. The maximum atomic E-state index is 13.1. The van der Waals surface area contributed by atoms with E-state index in [1.165, 1.54) is 7.11 Å². The van der Waals surface area contributed by atoms with Crippen molar-refractivity contribution in [3.63, 3.8) is 0 Å². The third kappa shape index (κ3) is 7.83. The van der Waals surface area contributed by atoms with Gasteiger partial charge in [0.25, 0.3) is 0 Å². The molecular formula is C39H40O6. The number of fused-ring (bicyclic) bond motifs is 1. The summed E-state index contributed by atoms with van der Waals surface area (Å²) in [6.45, 7) is 0. The van der Waals surface area contributed by atoms with Crippen LogP contribution in [0, 0.1) is 5.92 Å². The topological polar surface area (TPSA) is 96.2 Å². The van der Waals surface area contributed by atoms with Gasteiger partial charge in [0.1, 0.15) is 5.78 Å². The van der Waals surface area contributed by atoms with E-state index >= 15 is 0 Å². The zero-order valence-electron chi connectivity index (χ0n) is 25.8. The second kappa shape index (κ2) is 14.8. The fourth-order valence-corrected chi connectivity index (χ4v) is 6.11.